The molecular weight excluding hydrogens is 376 g/mol. The summed E-state index contributed by atoms with van der Waals surface area (Å²) < 4.78 is 3.37. The van der Waals surface area contributed by atoms with E-state index in [9.17, 15) is 9.59 Å². The second-order valence-electron chi connectivity index (χ2n) is 7.45. The van der Waals surface area contributed by atoms with Crippen LogP contribution in [0.5, 0.6) is 0 Å². The van der Waals surface area contributed by atoms with Gasteiger partial charge < -0.3 is 4.98 Å². The molecule has 1 N–H and O–H groups in total. The molecule has 0 saturated heterocycles. The fourth-order valence-corrected chi connectivity index (χ4v) is 3.79. The van der Waals surface area contributed by atoms with Crippen molar-refractivity contribution in [1.82, 2.24) is 19.1 Å². The number of aromatic amines is 1. The molecule has 0 saturated carbocycles. The molecule has 2 aromatic carbocycles. The molecule has 0 amide bonds. The first kappa shape index (κ1) is 18.1. The highest BCUT2D eigenvalue weighted by Crippen LogP contribution is 2.18. The number of fused-ring (bicyclic) bond motifs is 2. The number of benzene rings is 2. The third-order valence-electron chi connectivity index (χ3n) is 5.39. The van der Waals surface area contributed by atoms with Crippen LogP contribution in [-0.4, -0.2) is 19.1 Å². The molecule has 3 heterocycles. The van der Waals surface area contributed by atoms with Gasteiger partial charge >= 0.3 is 5.69 Å². The van der Waals surface area contributed by atoms with Crippen molar-refractivity contribution in [3.05, 3.63) is 110 Å². The van der Waals surface area contributed by atoms with Gasteiger partial charge in [0.15, 0.2) is 11.1 Å². The topological polar surface area (TPSA) is 72.7 Å². The predicted molar refractivity (Wildman–Crippen MR) is 118 cm³/mol. The average molecular weight is 396 g/mol. The molecule has 0 aliphatic rings. The van der Waals surface area contributed by atoms with E-state index in [0.717, 1.165) is 11.1 Å². The van der Waals surface area contributed by atoms with Crippen molar-refractivity contribution >= 4 is 22.2 Å². The van der Waals surface area contributed by atoms with Gasteiger partial charge in [0, 0.05) is 11.8 Å². The van der Waals surface area contributed by atoms with E-state index in [1.807, 2.05) is 60.7 Å². The van der Waals surface area contributed by atoms with E-state index in [2.05, 4.69) is 9.97 Å². The normalized spacial score (nSPS) is 11.4. The Hall–Kier alpha value is -3.93. The molecule has 148 valence electrons. The van der Waals surface area contributed by atoms with Crippen molar-refractivity contribution in [1.29, 1.82) is 0 Å². The molecule has 5 aromatic rings. The fourth-order valence-electron chi connectivity index (χ4n) is 3.79. The van der Waals surface area contributed by atoms with E-state index in [1.54, 1.807) is 28.3 Å². The van der Waals surface area contributed by atoms with E-state index in [-0.39, 0.29) is 11.1 Å². The molecule has 0 fully saturated rings. The fraction of sp³-hybridized carbons (Fsp3) is 0.125. The van der Waals surface area contributed by atoms with Gasteiger partial charge in [0.2, 0.25) is 0 Å². The average Bonchev–Trinajstić information content (AvgIpc) is 3.02. The van der Waals surface area contributed by atoms with E-state index in [1.165, 1.54) is 0 Å². The molecule has 6 nitrogen and oxygen atoms in total. The van der Waals surface area contributed by atoms with Gasteiger partial charge in [-0.1, -0.05) is 60.7 Å². The van der Waals surface area contributed by atoms with Gasteiger partial charge in [0.25, 0.3) is 0 Å². The summed E-state index contributed by atoms with van der Waals surface area (Å²) in [6, 6.07) is 21.4. The molecule has 3 aromatic heterocycles. The number of hydrogen-bond donors (Lipinski definition) is 1. The molecule has 5 rings (SSSR count). The Kier molecular flexibility index (Phi) is 4.32. The Morgan fingerprint density at radius 1 is 0.867 bits per heavy atom. The van der Waals surface area contributed by atoms with Crippen LogP contribution in [0.15, 0.2) is 82.5 Å². The molecule has 0 aliphatic carbocycles. The Labute approximate surface area is 172 Å². The number of H-pyrrole nitrogens is 1. The Bertz CT molecular complexity index is 1480. The maximum atomic E-state index is 13.4. The van der Waals surface area contributed by atoms with Gasteiger partial charge in [0.05, 0.1) is 24.0 Å². The van der Waals surface area contributed by atoms with Gasteiger partial charge in [0.1, 0.15) is 5.65 Å². The lowest BCUT2D eigenvalue weighted by molar-refractivity contribution is 0.698. The molecule has 0 bridgehead atoms. The zero-order valence-corrected chi connectivity index (χ0v) is 16.5. The first-order chi connectivity index (χ1) is 14.6. The number of aryl methyl sites for hydroxylation is 1. The minimum Gasteiger partial charge on any atom is -0.346 e. The van der Waals surface area contributed by atoms with Crippen LogP contribution in [0.1, 0.15) is 16.7 Å². The number of rotatable bonds is 4. The van der Waals surface area contributed by atoms with Crippen LogP contribution in [0.2, 0.25) is 0 Å². The van der Waals surface area contributed by atoms with Crippen molar-refractivity contribution in [3.8, 4) is 0 Å². The number of imidazole rings is 1. The largest absolute Gasteiger partial charge is 0.346 e. The molecule has 0 radical (unpaired) electrons. The van der Waals surface area contributed by atoms with Crippen LogP contribution in [0.3, 0.4) is 0 Å². The highest BCUT2D eigenvalue weighted by Gasteiger charge is 2.17. The molecule has 0 atom stereocenters. The number of pyridine rings is 2. The van der Waals surface area contributed by atoms with E-state index in [4.69, 9.17) is 0 Å². The first-order valence-electron chi connectivity index (χ1n) is 9.82. The van der Waals surface area contributed by atoms with Gasteiger partial charge in [-0.3, -0.25) is 13.9 Å². The van der Waals surface area contributed by atoms with Crippen molar-refractivity contribution in [2.75, 3.05) is 0 Å². The van der Waals surface area contributed by atoms with Gasteiger partial charge in [-0.05, 0) is 24.1 Å². The van der Waals surface area contributed by atoms with Crippen LogP contribution < -0.4 is 11.1 Å². The third-order valence-corrected chi connectivity index (χ3v) is 5.39. The maximum absolute atomic E-state index is 13.4. The van der Waals surface area contributed by atoms with Crippen LogP contribution in [0.25, 0.3) is 22.2 Å². The third kappa shape index (κ3) is 3.03. The predicted octanol–water partition coefficient (Wildman–Crippen LogP) is 3.44. The summed E-state index contributed by atoms with van der Waals surface area (Å²) in [5, 5.41) is 0.487. The van der Waals surface area contributed by atoms with Crippen molar-refractivity contribution in [2.24, 2.45) is 0 Å². The highest BCUT2D eigenvalue weighted by atomic mass is 16.1. The van der Waals surface area contributed by atoms with E-state index >= 15 is 0 Å². The zero-order chi connectivity index (χ0) is 20.7. The molecule has 0 aliphatic heterocycles. The molecular formula is C24H20N4O2. The van der Waals surface area contributed by atoms with Gasteiger partial charge in [-0.15, -0.1) is 0 Å². The Morgan fingerprint density at radius 3 is 2.10 bits per heavy atom. The van der Waals surface area contributed by atoms with Crippen molar-refractivity contribution in [2.45, 2.75) is 20.0 Å². The van der Waals surface area contributed by atoms with Gasteiger partial charge in [-0.2, -0.15) is 0 Å². The molecule has 30 heavy (non-hydrogen) atoms. The zero-order valence-electron chi connectivity index (χ0n) is 16.5. The minimum absolute atomic E-state index is 0.0762. The summed E-state index contributed by atoms with van der Waals surface area (Å²) in [7, 11) is 0. The Morgan fingerprint density at radius 2 is 1.47 bits per heavy atom. The smallest absolute Gasteiger partial charge is 0.330 e. The number of nitrogens with zero attached hydrogens (tertiary/aromatic N) is 3. The second kappa shape index (κ2) is 7.15. The lowest BCUT2D eigenvalue weighted by Gasteiger charge is -2.04. The standard InChI is InChI=1S/C24H20N4O2/c1-16-13-25-22-19(21(16)29)12-20-23(26-22)28(15-18-10-6-3-7-11-18)24(30)27(20)14-17-8-4-2-5-9-17/h2-13H,14-15H2,1H3,(H,25,26,29). The summed E-state index contributed by atoms with van der Waals surface area (Å²) in [6.45, 7) is 2.58. The second-order valence-corrected chi connectivity index (χ2v) is 7.45. The number of aromatic nitrogens is 4. The molecule has 0 unspecified atom stereocenters. The maximum Gasteiger partial charge on any atom is 0.330 e. The van der Waals surface area contributed by atoms with Gasteiger partial charge in [-0.25, -0.2) is 9.78 Å². The molecule has 0 spiro atoms. The van der Waals surface area contributed by atoms with E-state index in [0.29, 0.717) is 40.9 Å². The Balaban J connectivity index is 1.79. The minimum atomic E-state index is -0.148. The summed E-state index contributed by atoms with van der Waals surface area (Å²) in [4.78, 5) is 33.9. The first-order valence-corrected chi connectivity index (χ1v) is 9.82. The van der Waals surface area contributed by atoms with Crippen LogP contribution in [0, 0.1) is 6.92 Å². The summed E-state index contributed by atoms with van der Waals surface area (Å²) in [5.41, 5.74) is 4.11. The molecule has 6 heteroatoms. The lowest BCUT2D eigenvalue weighted by Crippen LogP contribution is -2.25. The SMILES string of the molecule is Cc1c[nH]c2nc3c(cc2c1=O)n(Cc1ccccc1)c(=O)n3Cc1ccccc1. The summed E-state index contributed by atoms with van der Waals surface area (Å²) in [5.74, 6) is 0. The van der Waals surface area contributed by atoms with Crippen LogP contribution in [0.4, 0.5) is 0 Å². The monoisotopic (exact) mass is 396 g/mol. The highest BCUT2D eigenvalue weighted by molar-refractivity contribution is 5.88. The summed E-state index contributed by atoms with van der Waals surface area (Å²) >= 11 is 0. The quantitative estimate of drug-likeness (QED) is 0.506. The lowest BCUT2D eigenvalue weighted by atomic mass is 10.2. The number of hydrogen-bond acceptors (Lipinski definition) is 3. The van der Waals surface area contributed by atoms with Crippen LogP contribution in [-0.2, 0) is 13.1 Å². The number of nitrogens with one attached hydrogen (secondary N) is 1. The van der Waals surface area contributed by atoms with Crippen molar-refractivity contribution in [3.63, 3.8) is 0 Å². The van der Waals surface area contributed by atoms with Crippen LogP contribution >= 0.6 is 0 Å². The summed E-state index contributed by atoms with van der Waals surface area (Å²) in [6.07, 6.45) is 1.66. The van der Waals surface area contributed by atoms with Crippen molar-refractivity contribution < 1.29 is 0 Å². The van der Waals surface area contributed by atoms with E-state index < -0.39 is 0 Å².